The van der Waals surface area contributed by atoms with Gasteiger partial charge >= 0.3 is 0 Å². The zero-order chi connectivity index (χ0) is 21.5. The summed E-state index contributed by atoms with van der Waals surface area (Å²) in [6, 6.07) is 10.6. The molecule has 1 aliphatic heterocycles. The fraction of sp³-hybridized carbons (Fsp3) is 0.520. The largest absolute Gasteiger partial charge is 0.333 e. The molecule has 30 heavy (non-hydrogen) atoms. The number of nitrogens with zero attached hydrogens (tertiary/aromatic N) is 2. The van der Waals surface area contributed by atoms with Gasteiger partial charge in [0, 0.05) is 24.4 Å². The Morgan fingerprint density at radius 1 is 1.10 bits per heavy atom. The number of hydrogen-bond acceptors (Lipinski definition) is 3. The summed E-state index contributed by atoms with van der Waals surface area (Å²) in [7, 11) is 0. The van der Waals surface area contributed by atoms with Crippen LogP contribution in [0.25, 0.3) is 0 Å². The molecule has 0 spiro atoms. The Balaban J connectivity index is 1.82. The maximum Gasteiger partial charge on any atom is 0.242 e. The normalized spacial score (nSPS) is 15.7. The molecule has 1 aromatic carbocycles. The molecule has 2 aromatic rings. The summed E-state index contributed by atoms with van der Waals surface area (Å²) >= 11 is 1.78. The van der Waals surface area contributed by atoms with Gasteiger partial charge in [-0.3, -0.25) is 9.59 Å². The number of aryl methyl sites for hydroxylation is 1. The molecule has 2 heterocycles. The molecule has 0 radical (unpaired) electrons. The number of thiophene rings is 1. The van der Waals surface area contributed by atoms with Gasteiger partial charge in [-0.1, -0.05) is 56.5 Å². The van der Waals surface area contributed by atoms with Crippen LogP contribution in [0.3, 0.4) is 0 Å². The standard InChI is InChI=1S/C25H34N2O2S/c1-4-6-8-23(28)26(15-7-5-2)18-24(29)27-16-13-22-21(14-17-30-22)25(27)20-11-9-19(3)10-12-20/h9-12,14,17,25H,4-8,13,15-16,18H2,1-3H3/t25-/m1/s1. The summed E-state index contributed by atoms with van der Waals surface area (Å²) in [5, 5.41) is 2.13. The highest BCUT2D eigenvalue weighted by atomic mass is 32.1. The Kier molecular flexibility index (Phi) is 8.08. The van der Waals surface area contributed by atoms with E-state index < -0.39 is 0 Å². The highest BCUT2D eigenvalue weighted by Crippen LogP contribution is 2.38. The number of rotatable bonds is 9. The molecule has 0 unspecified atom stereocenters. The Morgan fingerprint density at radius 2 is 1.83 bits per heavy atom. The molecule has 0 saturated heterocycles. The van der Waals surface area contributed by atoms with E-state index in [9.17, 15) is 9.59 Å². The van der Waals surface area contributed by atoms with Crippen molar-refractivity contribution in [3.05, 3.63) is 57.3 Å². The van der Waals surface area contributed by atoms with Crippen molar-refractivity contribution < 1.29 is 9.59 Å². The average molecular weight is 427 g/mol. The van der Waals surface area contributed by atoms with E-state index in [4.69, 9.17) is 0 Å². The van der Waals surface area contributed by atoms with Crippen LogP contribution in [0.4, 0.5) is 0 Å². The van der Waals surface area contributed by atoms with Gasteiger partial charge in [0.1, 0.15) is 0 Å². The number of benzene rings is 1. The van der Waals surface area contributed by atoms with Gasteiger partial charge in [-0.25, -0.2) is 0 Å². The second-order valence-electron chi connectivity index (χ2n) is 8.22. The monoisotopic (exact) mass is 426 g/mol. The van der Waals surface area contributed by atoms with Crippen molar-refractivity contribution in [1.29, 1.82) is 0 Å². The molecule has 0 saturated carbocycles. The molecule has 162 valence electrons. The van der Waals surface area contributed by atoms with Crippen molar-refractivity contribution in [2.75, 3.05) is 19.6 Å². The molecule has 0 fully saturated rings. The molecule has 0 N–H and O–H groups in total. The van der Waals surface area contributed by atoms with Crippen LogP contribution in [-0.4, -0.2) is 41.2 Å². The first-order valence-electron chi connectivity index (χ1n) is 11.2. The summed E-state index contributed by atoms with van der Waals surface area (Å²) in [5.41, 5.74) is 3.59. The quantitative estimate of drug-likeness (QED) is 0.542. The van der Waals surface area contributed by atoms with E-state index in [1.165, 1.54) is 16.0 Å². The smallest absolute Gasteiger partial charge is 0.242 e. The zero-order valence-corrected chi connectivity index (χ0v) is 19.3. The van der Waals surface area contributed by atoms with E-state index in [0.29, 0.717) is 19.5 Å². The Bertz CT molecular complexity index is 843. The number of unbranched alkanes of at least 4 members (excludes halogenated alkanes) is 2. The maximum atomic E-state index is 13.5. The van der Waals surface area contributed by atoms with Crippen molar-refractivity contribution in [2.24, 2.45) is 0 Å². The number of carbonyl (C=O) groups excluding carboxylic acids is 2. The molecule has 1 atom stereocenters. The van der Waals surface area contributed by atoms with Gasteiger partial charge in [0.15, 0.2) is 0 Å². The van der Waals surface area contributed by atoms with Gasteiger partial charge in [-0.05, 0) is 48.8 Å². The lowest BCUT2D eigenvalue weighted by Crippen LogP contribution is -2.47. The summed E-state index contributed by atoms with van der Waals surface area (Å²) in [5.74, 6) is 0.164. The third-order valence-electron chi connectivity index (χ3n) is 5.88. The molecule has 0 aliphatic carbocycles. The molecular formula is C25H34N2O2S. The van der Waals surface area contributed by atoms with Gasteiger partial charge in [-0.2, -0.15) is 0 Å². The molecule has 1 aromatic heterocycles. The average Bonchev–Trinajstić information content (AvgIpc) is 3.23. The highest BCUT2D eigenvalue weighted by Gasteiger charge is 2.33. The van der Waals surface area contributed by atoms with Crippen LogP contribution in [0.15, 0.2) is 35.7 Å². The fourth-order valence-corrected chi connectivity index (χ4v) is 4.98. The first kappa shape index (κ1) is 22.5. The van der Waals surface area contributed by atoms with E-state index in [1.807, 2.05) is 4.90 Å². The lowest BCUT2D eigenvalue weighted by atomic mass is 9.92. The predicted octanol–water partition coefficient (Wildman–Crippen LogP) is 5.35. The molecule has 4 nitrogen and oxygen atoms in total. The van der Waals surface area contributed by atoms with Crippen molar-refractivity contribution in [1.82, 2.24) is 9.80 Å². The number of hydrogen-bond donors (Lipinski definition) is 0. The van der Waals surface area contributed by atoms with Gasteiger partial charge in [0.05, 0.1) is 12.6 Å². The van der Waals surface area contributed by atoms with E-state index in [0.717, 1.165) is 37.7 Å². The van der Waals surface area contributed by atoms with Crippen molar-refractivity contribution in [2.45, 2.75) is 65.3 Å². The molecule has 0 bridgehead atoms. The second kappa shape index (κ2) is 10.8. The lowest BCUT2D eigenvalue weighted by Gasteiger charge is -2.37. The zero-order valence-electron chi connectivity index (χ0n) is 18.5. The topological polar surface area (TPSA) is 40.6 Å². The van der Waals surface area contributed by atoms with E-state index in [2.05, 4.69) is 56.5 Å². The minimum Gasteiger partial charge on any atom is -0.333 e. The minimum absolute atomic E-state index is 0.0541. The first-order valence-corrected chi connectivity index (χ1v) is 12.1. The van der Waals surface area contributed by atoms with Gasteiger partial charge in [-0.15, -0.1) is 11.3 Å². The number of amides is 2. The highest BCUT2D eigenvalue weighted by molar-refractivity contribution is 7.10. The second-order valence-corrected chi connectivity index (χ2v) is 9.22. The van der Waals surface area contributed by atoms with E-state index in [1.54, 1.807) is 16.2 Å². The molecule has 5 heteroatoms. The van der Waals surface area contributed by atoms with E-state index >= 15 is 0 Å². The Labute approximate surface area is 184 Å². The SMILES string of the molecule is CCCCC(=O)N(CCCC)CC(=O)N1CCc2sccc2[C@H]1c1ccc(C)cc1. The number of carbonyl (C=O) groups is 2. The van der Waals surface area contributed by atoms with Crippen molar-refractivity contribution in [3.63, 3.8) is 0 Å². The minimum atomic E-state index is -0.0631. The first-order chi connectivity index (χ1) is 14.5. The third kappa shape index (κ3) is 5.31. The summed E-state index contributed by atoms with van der Waals surface area (Å²) in [6.45, 7) is 7.84. The van der Waals surface area contributed by atoms with Crippen LogP contribution >= 0.6 is 11.3 Å². The van der Waals surface area contributed by atoms with Crippen LogP contribution < -0.4 is 0 Å². The molecular weight excluding hydrogens is 392 g/mol. The van der Waals surface area contributed by atoms with Crippen molar-refractivity contribution >= 4 is 23.2 Å². The molecule has 3 rings (SSSR count). The van der Waals surface area contributed by atoms with Crippen molar-refractivity contribution in [3.8, 4) is 0 Å². The van der Waals surface area contributed by atoms with Crippen LogP contribution in [0.5, 0.6) is 0 Å². The van der Waals surface area contributed by atoms with Gasteiger partial charge in [0.25, 0.3) is 0 Å². The lowest BCUT2D eigenvalue weighted by molar-refractivity contribution is -0.141. The van der Waals surface area contributed by atoms with Gasteiger partial charge in [0.2, 0.25) is 11.8 Å². The van der Waals surface area contributed by atoms with Crippen LogP contribution in [0.1, 0.15) is 73.6 Å². The number of fused-ring (bicyclic) bond motifs is 1. The van der Waals surface area contributed by atoms with Crippen LogP contribution in [0, 0.1) is 6.92 Å². The summed E-state index contributed by atoms with van der Waals surface area (Å²) < 4.78 is 0. The Hall–Kier alpha value is -2.14. The third-order valence-corrected chi connectivity index (χ3v) is 6.88. The van der Waals surface area contributed by atoms with Crippen LogP contribution in [-0.2, 0) is 16.0 Å². The predicted molar refractivity (Wildman–Crippen MR) is 124 cm³/mol. The van der Waals surface area contributed by atoms with Gasteiger partial charge < -0.3 is 9.80 Å². The van der Waals surface area contributed by atoms with E-state index in [-0.39, 0.29) is 24.4 Å². The summed E-state index contributed by atoms with van der Waals surface area (Å²) in [4.78, 5) is 31.3. The molecule has 2 amide bonds. The summed E-state index contributed by atoms with van der Waals surface area (Å²) in [6.07, 6.45) is 5.23. The fourth-order valence-electron chi connectivity index (χ4n) is 4.07. The Morgan fingerprint density at radius 3 is 2.53 bits per heavy atom. The van der Waals surface area contributed by atoms with Crippen LogP contribution in [0.2, 0.25) is 0 Å². The maximum absolute atomic E-state index is 13.5. The molecule has 1 aliphatic rings.